The standard InChI is InChI=1S/C11H11N3O3S/c1-12-9(15)5-18-11-13-7-3-2-6(10(16)17)4-8(7)14-11/h2-4H,5H2,1H3,(H,12,15)(H,13,14)(H,16,17). The topological polar surface area (TPSA) is 95.1 Å². The van der Waals surface area contributed by atoms with Gasteiger partial charge in [0.05, 0.1) is 22.3 Å². The fourth-order valence-corrected chi connectivity index (χ4v) is 2.15. The Bertz CT molecular complexity index is 609. The van der Waals surface area contributed by atoms with Gasteiger partial charge in [0.2, 0.25) is 5.91 Å². The van der Waals surface area contributed by atoms with Crippen LogP contribution in [0.4, 0.5) is 0 Å². The molecule has 2 rings (SSSR count). The predicted octanol–water partition coefficient (Wildman–Crippen LogP) is 1.10. The molecule has 6 nitrogen and oxygen atoms in total. The molecule has 0 aliphatic heterocycles. The number of aromatic nitrogens is 2. The minimum absolute atomic E-state index is 0.0910. The number of amides is 1. The third-order valence-corrected chi connectivity index (χ3v) is 3.20. The molecule has 0 radical (unpaired) electrons. The molecule has 0 saturated carbocycles. The molecule has 18 heavy (non-hydrogen) atoms. The fraction of sp³-hybridized carbons (Fsp3) is 0.182. The molecule has 0 aliphatic rings. The molecule has 0 bridgehead atoms. The third kappa shape index (κ3) is 2.62. The van der Waals surface area contributed by atoms with Gasteiger partial charge in [-0.15, -0.1) is 0 Å². The maximum atomic E-state index is 11.1. The molecule has 7 heteroatoms. The SMILES string of the molecule is CNC(=O)CSc1nc2ccc(C(=O)O)cc2[nH]1. The number of imidazole rings is 1. The summed E-state index contributed by atoms with van der Waals surface area (Å²) in [5.74, 6) is -0.806. The minimum Gasteiger partial charge on any atom is -0.478 e. The third-order valence-electron chi connectivity index (χ3n) is 2.33. The van der Waals surface area contributed by atoms with Crippen LogP contribution < -0.4 is 5.32 Å². The Labute approximate surface area is 107 Å². The molecule has 1 aromatic heterocycles. The molecule has 0 fully saturated rings. The maximum absolute atomic E-state index is 11.1. The van der Waals surface area contributed by atoms with Gasteiger partial charge in [0.1, 0.15) is 0 Å². The Balaban J connectivity index is 2.22. The summed E-state index contributed by atoms with van der Waals surface area (Å²) in [6, 6.07) is 4.66. The summed E-state index contributed by atoms with van der Waals surface area (Å²) in [7, 11) is 1.57. The van der Waals surface area contributed by atoms with E-state index in [-0.39, 0.29) is 17.2 Å². The molecule has 0 aliphatic carbocycles. The highest BCUT2D eigenvalue weighted by molar-refractivity contribution is 7.99. The van der Waals surface area contributed by atoms with Gasteiger partial charge in [0, 0.05) is 7.05 Å². The van der Waals surface area contributed by atoms with Crippen molar-refractivity contribution in [2.75, 3.05) is 12.8 Å². The molecule has 1 aromatic carbocycles. The highest BCUT2D eigenvalue weighted by Crippen LogP contribution is 2.20. The molecule has 3 N–H and O–H groups in total. The second-order valence-corrected chi connectivity index (χ2v) is 4.50. The van der Waals surface area contributed by atoms with E-state index in [1.54, 1.807) is 13.1 Å². The Kier molecular flexibility index (Phi) is 3.52. The van der Waals surface area contributed by atoms with E-state index in [1.165, 1.54) is 23.9 Å². The lowest BCUT2D eigenvalue weighted by atomic mass is 10.2. The number of hydrogen-bond acceptors (Lipinski definition) is 4. The average molecular weight is 265 g/mol. The number of thioether (sulfide) groups is 1. The summed E-state index contributed by atoms with van der Waals surface area (Å²) in [6.45, 7) is 0. The van der Waals surface area contributed by atoms with Crippen molar-refractivity contribution in [2.24, 2.45) is 0 Å². The zero-order valence-electron chi connectivity index (χ0n) is 9.56. The van der Waals surface area contributed by atoms with Gasteiger partial charge in [-0.05, 0) is 18.2 Å². The number of aromatic amines is 1. The average Bonchev–Trinajstić information content (AvgIpc) is 2.77. The molecular formula is C11H11N3O3S. The van der Waals surface area contributed by atoms with Gasteiger partial charge >= 0.3 is 5.97 Å². The van der Waals surface area contributed by atoms with Gasteiger partial charge in [0.25, 0.3) is 0 Å². The lowest BCUT2D eigenvalue weighted by Crippen LogP contribution is -2.19. The predicted molar refractivity (Wildman–Crippen MR) is 67.8 cm³/mol. The van der Waals surface area contributed by atoms with E-state index >= 15 is 0 Å². The summed E-state index contributed by atoms with van der Waals surface area (Å²) in [5.41, 5.74) is 1.53. The number of carboxylic acids is 1. The van der Waals surface area contributed by atoms with Crippen LogP contribution in [0, 0.1) is 0 Å². The van der Waals surface area contributed by atoms with Gasteiger partial charge in [-0.3, -0.25) is 4.79 Å². The first kappa shape index (κ1) is 12.4. The minimum atomic E-state index is -0.980. The molecule has 0 saturated heterocycles. The molecule has 0 spiro atoms. The second kappa shape index (κ2) is 5.09. The van der Waals surface area contributed by atoms with Crippen LogP contribution in [0.5, 0.6) is 0 Å². The number of H-pyrrole nitrogens is 1. The monoisotopic (exact) mass is 265 g/mol. The van der Waals surface area contributed by atoms with E-state index in [1.807, 2.05) is 0 Å². The van der Waals surface area contributed by atoms with Crippen molar-refractivity contribution >= 4 is 34.7 Å². The number of fused-ring (bicyclic) bond motifs is 1. The first-order chi connectivity index (χ1) is 8.60. The second-order valence-electron chi connectivity index (χ2n) is 3.54. The van der Waals surface area contributed by atoms with Crippen LogP contribution in [-0.4, -0.2) is 39.8 Å². The van der Waals surface area contributed by atoms with Gasteiger partial charge < -0.3 is 15.4 Å². The quantitative estimate of drug-likeness (QED) is 0.719. The Morgan fingerprint density at radius 3 is 2.94 bits per heavy atom. The van der Waals surface area contributed by atoms with Crippen molar-refractivity contribution in [1.29, 1.82) is 0 Å². The summed E-state index contributed by atoms with van der Waals surface area (Å²) in [6.07, 6.45) is 0. The molecule has 1 heterocycles. The van der Waals surface area contributed by atoms with E-state index in [4.69, 9.17) is 5.11 Å². The lowest BCUT2D eigenvalue weighted by Gasteiger charge is -1.95. The van der Waals surface area contributed by atoms with Crippen LogP contribution in [0.1, 0.15) is 10.4 Å². The van der Waals surface area contributed by atoms with E-state index in [9.17, 15) is 9.59 Å². The van der Waals surface area contributed by atoms with Crippen molar-refractivity contribution < 1.29 is 14.7 Å². The molecule has 0 atom stereocenters. The zero-order valence-corrected chi connectivity index (χ0v) is 10.4. The van der Waals surface area contributed by atoms with Crippen molar-refractivity contribution in [3.8, 4) is 0 Å². The summed E-state index contributed by atoms with van der Waals surface area (Å²) in [4.78, 5) is 29.1. The number of benzene rings is 1. The van der Waals surface area contributed by atoms with Crippen LogP contribution in [-0.2, 0) is 4.79 Å². The highest BCUT2D eigenvalue weighted by atomic mass is 32.2. The number of hydrogen-bond donors (Lipinski definition) is 3. The largest absolute Gasteiger partial charge is 0.478 e. The number of aromatic carboxylic acids is 1. The lowest BCUT2D eigenvalue weighted by molar-refractivity contribution is -0.118. The van der Waals surface area contributed by atoms with Crippen molar-refractivity contribution in [2.45, 2.75) is 5.16 Å². The van der Waals surface area contributed by atoms with Crippen LogP contribution in [0.15, 0.2) is 23.4 Å². The molecular weight excluding hydrogens is 254 g/mol. The van der Waals surface area contributed by atoms with Gasteiger partial charge in [0.15, 0.2) is 5.16 Å². The van der Waals surface area contributed by atoms with Crippen LogP contribution in [0.3, 0.4) is 0 Å². The highest BCUT2D eigenvalue weighted by Gasteiger charge is 2.08. The number of carbonyl (C=O) groups excluding carboxylic acids is 1. The van der Waals surface area contributed by atoms with Gasteiger partial charge in [-0.2, -0.15) is 0 Å². The van der Waals surface area contributed by atoms with Gasteiger partial charge in [-0.25, -0.2) is 9.78 Å². The van der Waals surface area contributed by atoms with Crippen LogP contribution in [0.2, 0.25) is 0 Å². The first-order valence-electron chi connectivity index (χ1n) is 5.16. The number of carbonyl (C=O) groups is 2. The fourth-order valence-electron chi connectivity index (χ4n) is 1.39. The zero-order chi connectivity index (χ0) is 13.1. The first-order valence-corrected chi connectivity index (χ1v) is 6.15. The smallest absolute Gasteiger partial charge is 0.335 e. The van der Waals surface area contributed by atoms with E-state index in [0.717, 1.165) is 0 Å². The van der Waals surface area contributed by atoms with Gasteiger partial charge in [-0.1, -0.05) is 11.8 Å². The number of nitrogens with zero attached hydrogens (tertiary/aromatic N) is 1. The molecule has 1 amide bonds. The normalized spacial score (nSPS) is 10.5. The van der Waals surface area contributed by atoms with Crippen molar-refractivity contribution in [1.82, 2.24) is 15.3 Å². The Hall–Kier alpha value is -2.02. The van der Waals surface area contributed by atoms with E-state index in [0.29, 0.717) is 16.2 Å². The van der Waals surface area contributed by atoms with Crippen LogP contribution in [0.25, 0.3) is 11.0 Å². The Morgan fingerprint density at radius 2 is 2.28 bits per heavy atom. The summed E-state index contributed by atoms with van der Waals surface area (Å²) >= 11 is 1.27. The van der Waals surface area contributed by atoms with E-state index in [2.05, 4.69) is 15.3 Å². The van der Waals surface area contributed by atoms with E-state index < -0.39 is 5.97 Å². The summed E-state index contributed by atoms with van der Waals surface area (Å²) < 4.78 is 0. The van der Waals surface area contributed by atoms with Crippen molar-refractivity contribution in [3.05, 3.63) is 23.8 Å². The maximum Gasteiger partial charge on any atom is 0.335 e. The Morgan fingerprint density at radius 1 is 1.50 bits per heavy atom. The number of carboxylic acid groups (broad SMARTS) is 1. The summed E-state index contributed by atoms with van der Waals surface area (Å²) in [5, 5.41) is 12.0. The molecule has 0 unspecified atom stereocenters. The van der Waals surface area contributed by atoms with Crippen molar-refractivity contribution in [3.63, 3.8) is 0 Å². The molecule has 94 valence electrons. The van der Waals surface area contributed by atoms with Crippen LogP contribution >= 0.6 is 11.8 Å². The number of rotatable bonds is 4. The molecule has 2 aromatic rings. The number of nitrogens with one attached hydrogen (secondary N) is 2.